The maximum Gasteiger partial charge on any atom is 0.262 e. The van der Waals surface area contributed by atoms with Crippen molar-refractivity contribution >= 4 is 21.4 Å². The first kappa shape index (κ1) is 15.1. The van der Waals surface area contributed by atoms with E-state index in [2.05, 4.69) is 4.72 Å². The van der Waals surface area contributed by atoms with Crippen molar-refractivity contribution in [2.45, 2.75) is 11.8 Å². The molecule has 0 bridgehead atoms. The third-order valence-electron chi connectivity index (χ3n) is 3.02. The normalized spacial score (nSPS) is 11.2. The van der Waals surface area contributed by atoms with Gasteiger partial charge in [-0.3, -0.25) is 4.72 Å². The Morgan fingerprint density at radius 2 is 1.95 bits per heavy atom. The maximum atomic E-state index is 13.6. The summed E-state index contributed by atoms with van der Waals surface area (Å²) >= 11 is 0. The lowest BCUT2D eigenvalue weighted by Crippen LogP contribution is -2.15. The number of rotatable bonds is 4. The number of hydrogen-bond donors (Lipinski definition) is 2. The van der Waals surface area contributed by atoms with Gasteiger partial charge in [-0.05, 0) is 36.8 Å². The van der Waals surface area contributed by atoms with E-state index in [-0.39, 0.29) is 16.3 Å². The summed E-state index contributed by atoms with van der Waals surface area (Å²) in [5.41, 5.74) is 6.63. The summed E-state index contributed by atoms with van der Waals surface area (Å²) in [4.78, 5) is 0.0544. The minimum Gasteiger partial charge on any atom is -0.494 e. The summed E-state index contributed by atoms with van der Waals surface area (Å²) in [6.45, 7) is 1.61. The van der Waals surface area contributed by atoms with Crippen LogP contribution in [0.2, 0.25) is 0 Å². The number of nitrogens with one attached hydrogen (secondary N) is 1. The predicted molar refractivity (Wildman–Crippen MR) is 79.4 cm³/mol. The number of hydrogen-bond acceptors (Lipinski definition) is 4. The van der Waals surface area contributed by atoms with Gasteiger partial charge in [0.2, 0.25) is 0 Å². The molecule has 0 spiro atoms. The molecule has 0 aliphatic carbocycles. The first-order valence-corrected chi connectivity index (χ1v) is 7.55. The average molecular weight is 310 g/mol. The summed E-state index contributed by atoms with van der Waals surface area (Å²) in [6, 6.07) is 8.42. The van der Waals surface area contributed by atoms with Crippen LogP contribution in [-0.4, -0.2) is 15.5 Å². The maximum absolute atomic E-state index is 13.6. The van der Waals surface area contributed by atoms with Gasteiger partial charge in [0.15, 0.2) is 11.6 Å². The zero-order chi connectivity index (χ0) is 15.6. The monoisotopic (exact) mass is 310 g/mol. The van der Waals surface area contributed by atoms with Crippen molar-refractivity contribution in [3.63, 3.8) is 0 Å². The molecule has 3 N–H and O–H groups in total. The molecule has 7 heteroatoms. The third kappa shape index (κ3) is 3.08. The largest absolute Gasteiger partial charge is 0.494 e. The van der Waals surface area contributed by atoms with Crippen molar-refractivity contribution in [2.75, 3.05) is 17.6 Å². The Bertz CT molecular complexity index is 776. The van der Waals surface area contributed by atoms with Crippen LogP contribution < -0.4 is 15.2 Å². The Hall–Kier alpha value is -2.28. The van der Waals surface area contributed by atoms with Crippen LogP contribution in [0.5, 0.6) is 5.75 Å². The fourth-order valence-corrected chi connectivity index (χ4v) is 3.19. The second-order valence-corrected chi connectivity index (χ2v) is 6.08. The van der Waals surface area contributed by atoms with Crippen LogP contribution in [-0.2, 0) is 10.0 Å². The molecule has 0 aliphatic heterocycles. The van der Waals surface area contributed by atoms with E-state index < -0.39 is 15.8 Å². The standard InChI is InChI=1S/C14H15FN2O3S/c1-9-12(16)4-3-5-14(9)21(18,19)17-10-6-7-13(20-2)11(15)8-10/h3-8,17H,16H2,1-2H3. The van der Waals surface area contributed by atoms with E-state index in [9.17, 15) is 12.8 Å². The molecule has 5 nitrogen and oxygen atoms in total. The molecule has 0 aliphatic rings. The highest BCUT2D eigenvalue weighted by Gasteiger charge is 2.18. The Morgan fingerprint density at radius 3 is 2.57 bits per heavy atom. The van der Waals surface area contributed by atoms with Crippen molar-refractivity contribution in [3.8, 4) is 5.75 Å². The van der Waals surface area contributed by atoms with E-state index in [1.165, 1.54) is 25.3 Å². The number of anilines is 2. The molecule has 0 fully saturated rings. The first-order valence-electron chi connectivity index (χ1n) is 6.06. The van der Waals surface area contributed by atoms with E-state index in [0.717, 1.165) is 6.07 Å². The summed E-state index contributed by atoms with van der Waals surface area (Å²) in [7, 11) is -2.51. The minimum atomic E-state index is -3.84. The van der Waals surface area contributed by atoms with Crippen LogP contribution in [0.3, 0.4) is 0 Å². The molecule has 21 heavy (non-hydrogen) atoms. The molecule has 2 aromatic rings. The molecule has 0 unspecified atom stereocenters. The molecular weight excluding hydrogens is 295 g/mol. The molecular formula is C14H15FN2O3S. The smallest absolute Gasteiger partial charge is 0.262 e. The molecule has 2 aromatic carbocycles. The van der Waals surface area contributed by atoms with E-state index in [0.29, 0.717) is 11.3 Å². The fraction of sp³-hybridized carbons (Fsp3) is 0.143. The number of nitrogen functional groups attached to an aromatic ring is 1. The van der Waals surface area contributed by atoms with Crippen molar-refractivity contribution in [1.29, 1.82) is 0 Å². The van der Waals surface area contributed by atoms with Crippen LogP contribution in [0.1, 0.15) is 5.56 Å². The van der Waals surface area contributed by atoms with E-state index in [1.807, 2.05) is 0 Å². The number of benzene rings is 2. The number of nitrogens with two attached hydrogens (primary N) is 1. The van der Waals surface area contributed by atoms with Crippen LogP contribution in [0, 0.1) is 12.7 Å². The van der Waals surface area contributed by atoms with Crippen LogP contribution in [0.4, 0.5) is 15.8 Å². The van der Waals surface area contributed by atoms with Gasteiger partial charge in [-0.15, -0.1) is 0 Å². The molecule has 0 saturated heterocycles. The molecule has 0 amide bonds. The molecule has 0 aromatic heterocycles. The van der Waals surface area contributed by atoms with E-state index in [4.69, 9.17) is 10.5 Å². The van der Waals surface area contributed by atoms with E-state index in [1.54, 1.807) is 19.1 Å². The third-order valence-corrected chi connectivity index (χ3v) is 4.55. The Labute approximate surface area is 122 Å². The highest BCUT2D eigenvalue weighted by Crippen LogP contribution is 2.25. The zero-order valence-corrected chi connectivity index (χ0v) is 12.4. The molecule has 0 heterocycles. The van der Waals surface area contributed by atoms with E-state index >= 15 is 0 Å². The summed E-state index contributed by atoms with van der Waals surface area (Å²) in [5, 5.41) is 0. The number of methoxy groups -OCH3 is 1. The van der Waals surface area contributed by atoms with Gasteiger partial charge < -0.3 is 10.5 Å². The van der Waals surface area contributed by atoms with Crippen molar-refractivity contribution in [2.24, 2.45) is 0 Å². The summed E-state index contributed by atoms with van der Waals surface area (Å²) in [6.07, 6.45) is 0. The van der Waals surface area contributed by atoms with Gasteiger partial charge in [-0.2, -0.15) is 0 Å². The minimum absolute atomic E-state index is 0.0399. The molecule has 0 radical (unpaired) electrons. The van der Waals surface area contributed by atoms with Gasteiger partial charge in [-0.1, -0.05) is 6.07 Å². The highest BCUT2D eigenvalue weighted by molar-refractivity contribution is 7.92. The molecule has 0 atom stereocenters. The van der Waals surface area contributed by atoms with Crippen molar-refractivity contribution < 1.29 is 17.5 Å². The molecule has 0 saturated carbocycles. The van der Waals surface area contributed by atoms with Gasteiger partial charge in [-0.25, -0.2) is 12.8 Å². The van der Waals surface area contributed by atoms with Gasteiger partial charge in [0.05, 0.1) is 17.7 Å². The van der Waals surface area contributed by atoms with Crippen molar-refractivity contribution in [3.05, 3.63) is 47.8 Å². The van der Waals surface area contributed by atoms with Gasteiger partial charge in [0.1, 0.15) is 0 Å². The summed E-state index contributed by atoms with van der Waals surface area (Å²) in [5.74, 6) is -0.611. The van der Waals surface area contributed by atoms with Crippen LogP contribution in [0.25, 0.3) is 0 Å². The summed E-state index contributed by atoms with van der Waals surface area (Å²) < 4.78 is 45.3. The predicted octanol–water partition coefficient (Wildman–Crippen LogP) is 2.53. The topological polar surface area (TPSA) is 81.4 Å². The Morgan fingerprint density at radius 1 is 1.24 bits per heavy atom. The number of halogens is 1. The molecule has 2 rings (SSSR count). The van der Waals surface area contributed by atoms with Gasteiger partial charge in [0, 0.05) is 11.8 Å². The lowest BCUT2D eigenvalue weighted by molar-refractivity contribution is 0.386. The number of ether oxygens (including phenoxy) is 1. The second-order valence-electron chi connectivity index (χ2n) is 4.43. The Kier molecular flexibility index (Phi) is 4.04. The van der Waals surface area contributed by atoms with Crippen molar-refractivity contribution in [1.82, 2.24) is 0 Å². The highest BCUT2D eigenvalue weighted by atomic mass is 32.2. The average Bonchev–Trinajstić information content (AvgIpc) is 2.41. The van der Waals surface area contributed by atoms with Crippen LogP contribution in [0.15, 0.2) is 41.3 Å². The first-order chi connectivity index (χ1) is 9.85. The van der Waals surface area contributed by atoms with Gasteiger partial charge in [0.25, 0.3) is 10.0 Å². The Balaban J connectivity index is 2.38. The zero-order valence-electron chi connectivity index (χ0n) is 11.6. The lowest BCUT2D eigenvalue weighted by Gasteiger charge is -2.12. The SMILES string of the molecule is COc1ccc(NS(=O)(=O)c2cccc(N)c2C)cc1F. The van der Waals surface area contributed by atoms with Crippen LogP contribution >= 0.6 is 0 Å². The number of sulfonamides is 1. The lowest BCUT2D eigenvalue weighted by atomic mass is 10.2. The second kappa shape index (κ2) is 5.61. The van der Waals surface area contributed by atoms with Gasteiger partial charge >= 0.3 is 0 Å². The quantitative estimate of drug-likeness (QED) is 0.850. The fourth-order valence-electron chi connectivity index (χ4n) is 1.86. The molecule has 112 valence electrons.